The van der Waals surface area contributed by atoms with E-state index in [4.69, 9.17) is 23.2 Å². The van der Waals surface area contributed by atoms with Crippen molar-refractivity contribution in [2.45, 2.75) is 18.6 Å². The highest BCUT2D eigenvalue weighted by atomic mass is 35.5. The molecule has 0 aliphatic rings. The van der Waals surface area contributed by atoms with Crippen molar-refractivity contribution in [3.05, 3.63) is 35.1 Å². The van der Waals surface area contributed by atoms with Gasteiger partial charge in [0, 0.05) is 17.3 Å². The van der Waals surface area contributed by atoms with E-state index in [1.54, 1.807) is 6.92 Å². The molecule has 0 unspecified atom stereocenters. The van der Waals surface area contributed by atoms with Gasteiger partial charge in [-0.05, 0) is 25.1 Å². The van der Waals surface area contributed by atoms with Crippen molar-refractivity contribution in [3.8, 4) is 0 Å². The van der Waals surface area contributed by atoms with Gasteiger partial charge in [-0.3, -0.25) is 4.79 Å². The van der Waals surface area contributed by atoms with Crippen LogP contribution in [-0.4, -0.2) is 23.2 Å². The molecule has 1 aromatic rings. The minimum absolute atomic E-state index is 0.0183. The lowest BCUT2D eigenvalue weighted by molar-refractivity contribution is -0.140. The zero-order valence-corrected chi connectivity index (χ0v) is 11.8. The summed E-state index contributed by atoms with van der Waals surface area (Å²) < 4.78 is 50.8. The predicted molar refractivity (Wildman–Crippen MR) is 68.7 cm³/mol. The topological polar surface area (TPSA) is 29.1 Å². The lowest BCUT2D eigenvalue weighted by Crippen LogP contribution is -2.49. The van der Waals surface area contributed by atoms with Crippen molar-refractivity contribution >= 4 is 29.1 Å². The molecule has 1 amide bonds. The van der Waals surface area contributed by atoms with Crippen LogP contribution in [0.4, 0.5) is 17.6 Å². The summed E-state index contributed by atoms with van der Waals surface area (Å²) in [6, 6.07) is 2.01. The van der Waals surface area contributed by atoms with Gasteiger partial charge >= 0.3 is 6.18 Å². The van der Waals surface area contributed by atoms with Crippen molar-refractivity contribution in [2.24, 2.45) is 0 Å². The van der Waals surface area contributed by atoms with Crippen molar-refractivity contribution in [1.29, 1.82) is 0 Å². The Bertz CT molecular complexity index is 501. The Kier molecular flexibility index (Phi) is 5.27. The molecule has 112 valence electrons. The van der Waals surface area contributed by atoms with Crippen LogP contribution < -0.4 is 5.32 Å². The van der Waals surface area contributed by atoms with Crippen LogP contribution in [0.15, 0.2) is 18.2 Å². The fourth-order valence-corrected chi connectivity index (χ4v) is 1.75. The third-order valence-corrected chi connectivity index (χ3v) is 3.72. The van der Waals surface area contributed by atoms with Crippen LogP contribution in [0.3, 0.4) is 0 Å². The van der Waals surface area contributed by atoms with Gasteiger partial charge in [-0.25, -0.2) is 4.39 Å². The maximum Gasteiger partial charge on any atom is 0.419 e. The van der Waals surface area contributed by atoms with Crippen molar-refractivity contribution < 1.29 is 22.4 Å². The quantitative estimate of drug-likeness (QED) is 0.659. The first-order valence-electron chi connectivity index (χ1n) is 5.44. The molecule has 0 saturated carbocycles. The molecule has 1 N–H and O–H groups in total. The summed E-state index contributed by atoms with van der Waals surface area (Å²) in [6.07, 6.45) is -4.87. The van der Waals surface area contributed by atoms with Gasteiger partial charge in [0.25, 0.3) is 5.91 Å². The lowest BCUT2D eigenvalue weighted by Gasteiger charge is -2.26. The molecule has 0 saturated heterocycles. The summed E-state index contributed by atoms with van der Waals surface area (Å²) in [5.74, 6) is -2.28. The molecule has 0 aliphatic carbocycles. The maximum absolute atomic E-state index is 13.1. The molecule has 0 heterocycles. The standard InChI is InChI=1S/C12H11Cl2F4NO/c1-11(5-13,6-14)19-10(20)7-2-3-9(15)8(4-7)12(16,17)18/h2-4H,5-6H2,1H3,(H,19,20). The highest BCUT2D eigenvalue weighted by Crippen LogP contribution is 2.32. The summed E-state index contributed by atoms with van der Waals surface area (Å²) in [7, 11) is 0. The van der Waals surface area contributed by atoms with Gasteiger partial charge < -0.3 is 5.32 Å². The number of nitrogens with one attached hydrogen (secondary N) is 1. The maximum atomic E-state index is 13.1. The number of alkyl halides is 5. The minimum Gasteiger partial charge on any atom is -0.344 e. The second-order valence-corrected chi connectivity index (χ2v) is 5.01. The normalized spacial score (nSPS) is 12.3. The van der Waals surface area contributed by atoms with Gasteiger partial charge in [0.15, 0.2) is 0 Å². The number of carbonyl (C=O) groups is 1. The third-order valence-electron chi connectivity index (χ3n) is 2.54. The number of benzene rings is 1. The monoisotopic (exact) mass is 331 g/mol. The number of hydrogen-bond donors (Lipinski definition) is 1. The Hall–Kier alpha value is -1.01. The predicted octanol–water partition coefficient (Wildman–Crippen LogP) is 3.81. The Labute approximate surface area is 123 Å². The van der Waals surface area contributed by atoms with Crippen LogP contribution in [-0.2, 0) is 6.18 Å². The summed E-state index contributed by atoms with van der Waals surface area (Å²) >= 11 is 11.3. The second-order valence-electron chi connectivity index (χ2n) is 4.47. The number of carbonyl (C=O) groups excluding carboxylic acids is 1. The Balaban J connectivity index is 3.07. The molecule has 20 heavy (non-hydrogen) atoms. The number of hydrogen-bond acceptors (Lipinski definition) is 1. The van der Waals surface area contributed by atoms with Gasteiger partial charge in [0.2, 0.25) is 0 Å². The molecular weight excluding hydrogens is 321 g/mol. The van der Waals surface area contributed by atoms with E-state index >= 15 is 0 Å². The van der Waals surface area contributed by atoms with Crippen LogP contribution >= 0.6 is 23.2 Å². The molecule has 0 radical (unpaired) electrons. The van der Waals surface area contributed by atoms with Gasteiger partial charge in [0.05, 0.1) is 11.1 Å². The van der Waals surface area contributed by atoms with Crippen molar-refractivity contribution in [3.63, 3.8) is 0 Å². The molecule has 1 aromatic carbocycles. The van der Waals surface area contributed by atoms with E-state index < -0.39 is 29.0 Å². The number of amides is 1. The fraction of sp³-hybridized carbons (Fsp3) is 0.417. The summed E-state index contributed by atoms with van der Waals surface area (Å²) in [5.41, 5.74) is -2.78. The average molecular weight is 332 g/mol. The molecule has 0 bridgehead atoms. The second kappa shape index (κ2) is 6.18. The third kappa shape index (κ3) is 3.99. The smallest absolute Gasteiger partial charge is 0.344 e. The highest BCUT2D eigenvalue weighted by molar-refractivity contribution is 6.22. The fourth-order valence-electron chi connectivity index (χ4n) is 1.33. The van der Waals surface area contributed by atoms with Crippen LogP contribution in [0, 0.1) is 5.82 Å². The highest BCUT2D eigenvalue weighted by Gasteiger charge is 2.35. The molecule has 8 heteroatoms. The molecule has 1 rings (SSSR count). The molecule has 0 atom stereocenters. The van der Waals surface area contributed by atoms with Gasteiger partial charge in [-0.15, -0.1) is 23.2 Å². The first-order valence-corrected chi connectivity index (χ1v) is 6.51. The minimum atomic E-state index is -4.87. The van der Waals surface area contributed by atoms with Crippen LogP contribution in [0.5, 0.6) is 0 Å². The Morgan fingerprint density at radius 1 is 1.25 bits per heavy atom. The molecule has 2 nitrogen and oxygen atoms in total. The van der Waals surface area contributed by atoms with Crippen molar-refractivity contribution in [1.82, 2.24) is 5.32 Å². The van der Waals surface area contributed by atoms with E-state index in [0.29, 0.717) is 12.1 Å². The zero-order valence-electron chi connectivity index (χ0n) is 10.3. The summed E-state index contributed by atoms with van der Waals surface area (Å²) in [4.78, 5) is 11.9. The largest absolute Gasteiger partial charge is 0.419 e. The van der Waals surface area contributed by atoms with Gasteiger partial charge in [0.1, 0.15) is 5.82 Å². The molecular formula is C12H11Cl2F4NO. The molecule has 0 aliphatic heterocycles. The first-order chi connectivity index (χ1) is 9.13. The first kappa shape index (κ1) is 17.0. The van der Waals surface area contributed by atoms with E-state index in [1.165, 1.54) is 0 Å². The van der Waals surface area contributed by atoms with Gasteiger partial charge in [-0.1, -0.05) is 0 Å². The summed E-state index contributed by atoms with van der Waals surface area (Å²) in [6.45, 7) is 1.54. The van der Waals surface area contributed by atoms with E-state index in [0.717, 1.165) is 6.07 Å². The number of halogens is 6. The van der Waals surface area contributed by atoms with E-state index in [9.17, 15) is 22.4 Å². The number of rotatable bonds is 4. The van der Waals surface area contributed by atoms with Crippen LogP contribution in [0.1, 0.15) is 22.8 Å². The Morgan fingerprint density at radius 3 is 2.25 bits per heavy atom. The van der Waals surface area contributed by atoms with Gasteiger partial charge in [-0.2, -0.15) is 13.2 Å². The Morgan fingerprint density at radius 2 is 1.80 bits per heavy atom. The molecule has 0 fully saturated rings. The van der Waals surface area contributed by atoms with Crippen LogP contribution in [0.2, 0.25) is 0 Å². The molecule has 0 aromatic heterocycles. The molecule has 0 spiro atoms. The average Bonchev–Trinajstić information content (AvgIpc) is 2.37. The van der Waals surface area contributed by atoms with Crippen LogP contribution in [0.25, 0.3) is 0 Å². The van der Waals surface area contributed by atoms with E-state index in [2.05, 4.69) is 5.32 Å². The summed E-state index contributed by atoms with van der Waals surface area (Å²) in [5, 5.41) is 2.41. The lowest BCUT2D eigenvalue weighted by atomic mass is 10.1. The van der Waals surface area contributed by atoms with E-state index in [-0.39, 0.29) is 17.3 Å². The SMILES string of the molecule is CC(CCl)(CCl)NC(=O)c1ccc(F)c(C(F)(F)F)c1. The zero-order chi connectivity index (χ0) is 15.6. The van der Waals surface area contributed by atoms with Crippen molar-refractivity contribution in [2.75, 3.05) is 11.8 Å². The van der Waals surface area contributed by atoms with E-state index in [1.807, 2.05) is 0 Å².